The molecule has 2 heterocycles. The molecule has 0 bridgehead atoms. The Balaban J connectivity index is 1.73. The topological polar surface area (TPSA) is 91.7 Å². The van der Waals surface area contributed by atoms with Gasteiger partial charge in [-0.1, -0.05) is 6.07 Å². The summed E-state index contributed by atoms with van der Waals surface area (Å²) < 4.78 is 49.9. The highest BCUT2D eigenvalue weighted by Crippen LogP contribution is 2.35. The van der Waals surface area contributed by atoms with Crippen LogP contribution in [-0.2, 0) is 40.1 Å². The van der Waals surface area contributed by atoms with Crippen molar-refractivity contribution in [2.24, 2.45) is 0 Å². The molecule has 0 aliphatic carbocycles. The predicted octanol–water partition coefficient (Wildman–Crippen LogP) is 6.67. The zero-order valence-electron chi connectivity index (χ0n) is 25.8. The maximum absolute atomic E-state index is 16.0. The minimum Gasteiger partial charge on any atom is -0.497 e. The first-order valence-electron chi connectivity index (χ1n) is 14.3. The molecule has 1 atom stereocenters. The zero-order chi connectivity index (χ0) is 31.3. The molecule has 2 aromatic carbocycles. The Bertz CT molecular complexity index is 1630. The minimum atomic E-state index is -1.37. The number of hydrogen-bond donors (Lipinski definition) is 1. The van der Waals surface area contributed by atoms with Crippen LogP contribution in [0.5, 0.6) is 11.5 Å². The molecule has 0 aliphatic heterocycles. The molecule has 1 N–H and O–H groups in total. The second-order valence-corrected chi connectivity index (χ2v) is 13.5. The Morgan fingerprint density at radius 3 is 2.56 bits per heavy atom. The number of halogens is 1. The van der Waals surface area contributed by atoms with Gasteiger partial charge in [0.05, 0.1) is 48.1 Å². The normalized spacial score (nSPS) is 12.5. The summed E-state index contributed by atoms with van der Waals surface area (Å²) >= 11 is 0. The highest BCUT2D eigenvalue weighted by molar-refractivity contribution is 7.84. The molecule has 4 aromatic rings. The third-order valence-electron chi connectivity index (χ3n) is 6.94. The van der Waals surface area contributed by atoms with Gasteiger partial charge in [-0.2, -0.15) is 0 Å². The average Bonchev–Trinajstić information content (AvgIpc) is 3.39. The van der Waals surface area contributed by atoms with Gasteiger partial charge in [0.2, 0.25) is 0 Å². The Hall–Kier alpha value is -3.76. The zero-order valence-corrected chi connectivity index (χ0v) is 26.6. The molecule has 0 saturated heterocycles. The summed E-state index contributed by atoms with van der Waals surface area (Å²) in [7, 11) is 0.197. The van der Waals surface area contributed by atoms with Gasteiger partial charge in [-0.05, 0) is 83.0 Å². The molecule has 0 amide bonds. The van der Waals surface area contributed by atoms with E-state index in [0.717, 1.165) is 16.5 Å². The number of nitrogens with zero attached hydrogens (tertiary/aromatic N) is 2. The standard InChI is InChI=1S/C33H40FN3O5S/c1-8-41-31(38)17-23-9-10-24(40-7)18-30(23)42-20-22-15-27(25-12-14-37(21(2)3)29(25)16-22)26-11-13-35-28(32(26)34)19-36-43(39)33(4,5)6/h9-16,18,21,36H,8,17,19-20H2,1-7H3. The van der Waals surface area contributed by atoms with E-state index in [-0.39, 0.29) is 37.3 Å². The van der Waals surface area contributed by atoms with Crippen LogP contribution < -0.4 is 14.2 Å². The highest BCUT2D eigenvalue weighted by atomic mass is 32.2. The van der Waals surface area contributed by atoms with Gasteiger partial charge in [0, 0.05) is 46.5 Å². The molecule has 8 nitrogen and oxygen atoms in total. The van der Waals surface area contributed by atoms with Crippen LogP contribution in [0.4, 0.5) is 4.39 Å². The number of aromatic nitrogens is 2. The van der Waals surface area contributed by atoms with Crippen molar-refractivity contribution < 1.29 is 27.6 Å². The van der Waals surface area contributed by atoms with Gasteiger partial charge in [-0.15, -0.1) is 0 Å². The first-order valence-corrected chi connectivity index (χ1v) is 15.5. The fourth-order valence-electron chi connectivity index (χ4n) is 4.72. The van der Waals surface area contributed by atoms with Crippen LogP contribution in [0.3, 0.4) is 0 Å². The third kappa shape index (κ3) is 7.61. The highest BCUT2D eigenvalue weighted by Gasteiger charge is 2.22. The molecule has 0 fully saturated rings. The summed E-state index contributed by atoms with van der Waals surface area (Å²) in [6.45, 7) is 12.0. The lowest BCUT2D eigenvalue weighted by Gasteiger charge is -2.18. The summed E-state index contributed by atoms with van der Waals surface area (Å²) in [6.07, 6.45) is 3.63. The minimum absolute atomic E-state index is 0.0294. The van der Waals surface area contributed by atoms with Gasteiger partial charge in [-0.25, -0.2) is 13.3 Å². The van der Waals surface area contributed by atoms with Gasteiger partial charge in [0.15, 0.2) is 5.82 Å². The fraction of sp³-hybridized carbons (Fsp3) is 0.394. The summed E-state index contributed by atoms with van der Waals surface area (Å²) in [5.74, 6) is 0.284. The summed E-state index contributed by atoms with van der Waals surface area (Å²) in [4.78, 5) is 16.5. The number of methoxy groups -OCH3 is 1. The van der Waals surface area contributed by atoms with Crippen molar-refractivity contribution in [2.75, 3.05) is 13.7 Å². The van der Waals surface area contributed by atoms with E-state index in [1.54, 1.807) is 44.5 Å². The van der Waals surface area contributed by atoms with Crippen LogP contribution in [0.2, 0.25) is 0 Å². The number of benzene rings is 2. The molecular weight excluding hydrogens is 569 g/mol. The van der Waals surface area contributed by atoms with Crippen molar-refractivity contribution >= 4 is 27.9 Å². The lowest BCUT2D eigenvalue weighted by atomic mass is 9.98. The van der Waals surface area contributed by atoms with Crippen molar-refractivity contribution in [3.63, 3.8) is 0 Å². The number of hydrogen-bond acceptors (Lipinski definition) is 6. The third-order valence-corrected chi connectivity index (χ3v) is 8.46. The van der Waals surface area contributed by atoms with E-state index < -0.39 is 21.5 Å². The number of rotatable bonds is 12. The van der Waals surface area contributed by atoms with Crippen LogP contribution in [0.1, 0.15) is 64.4 Å². The van der Waals surface area contributed by atoms with Gasteiger partial charge in [0.1, 0.15) is 18.1 Å². The monoisotopic (exact) mass is 609 g/mol. The van der Waals surface area contributed by atoms with E-state index in [0.29, 0.717) is 34.8 Å². The lowest BCUT2D eigenvalue weighted by molar-refractivity contribution is -0.142. The number of pyridine rings is 1. The van der Waals surface area contributed by atoms with E-state index in [1.807, 2.05) is 45.2 Å². The number of carbonyl (C=O) groups is 1. The summed E-state index contributed by atoms with van der Waals surface area (Å²) in [5, 5.41) is 0.893. The van der Waals surface area contributed by atoms with Crippen molar-refractivity contribution in [3.05, 3.63) is 77.5 Å². The number of fused-ring (bicyclic) bond motifs is 1. The number of nitrogens with one attached hydrogen (secondary N) is 1. The molecule has 4 rings (SSSR count). The molecule has 230 valence electrons. The second kappa shape index (κ2) is 13.7. The SMILES string of the molecule is CCOC(=O)Cc1ccc(OC)cc1OCc1cc(-c2ccnc(CNS(=O)C(C)(C)C)c2F)c2ccn(C(C)C)c2c1. The smallest absolute Gasteiger partial charge is 0.310 e. The molecular formula is C33H40FN3O5S. The molecule has 0 aliphatic rings. The molecule has 0 radical (unpaired) electrons. The van der Waals surface area contributed by atoms with Crippen molar-refractivity contribution in [1.29, 1.82) is 0 Å². The number of esters is 1. The average molecular weight is 610 g/mol. The van der Waals surface area contributed by atoms with E-state index in [9.17, 15) is 9.00 Å². The number of ether oxygens (including phenoxy) is 3. The van der Waals surface area contributed by atoms with Gasteiger partial charge >= 0.3 is 5.97 Å². The Labute approximate surface area is 255 Å². The van der Waals surface area contributed by atoms with Crippen LogP contribution >= 0.6 is 0 Å². The van der Waals surface area contributed by atoms with Crippen LogP contribution in [-0.4, -0.2) is 38.2 Å². The van der Waals surface area contributed by atoms with Crippen LogP contribution in [0, 0.1) is 5.82 Å². The maximum atomic E-state index is 16.0. The molecule has 0 saturated carbocycles. The Morgan fingerprint density at radius 2 is 1.88 bits per heavy atom. The predicted molar refractivity (Wildman–Crippen MR) is 168 cm³/mol. The molecule has 43 heavy (non-hydrogen) atoms. The maximum Gasteiger partial charge on any atom is 0.310 e. The first-order chi connectivity index (χ1) is 20.4. The van der Waals surface area contributed by atoms with Crippen LogP contribution in [0.25, 0.3) is 22.0 Å². The van der Waals surface area contributed by atoms with E-state index >= 15 is 4.39 Å². The Morgan fingerprint density at radius 1 is 1.12 bits per heavy atom. The summed E-state index contributed by atoms with van der Waals surface area (Å²) in [5.41, 5.74) is 3.72. The van der Waals surface area contributed by atoms with E-state index in [2.05, 4.69) is 28.1 Å². The van der Waals surface area contributed by atoms with Gasteiger partial charge in [0.25, 0.3) is 0 Å². The molecule has 0 spiro atoms. The molecule has 10 heteroatoms. The van der Waals surface area contributed by atoms with Crippen molar-refractivity contribution in [2.45, 2.75) is 71.9 Å². The molecule has 2 aromatic heterocycles. The Kier molecular flexibility index (Phi) is 10.2. The van der Waals surface area contributed by atoms with Gasteiger partial charge in [-0.3, -0.25) is 9.78 Å². The quantitative estimate of drug-likeness (QED) is 0.181. The van der Waals surface area contributed by atoms with Crippen molar-refractivity contribution in [3.8, 4) is 22.6 Å². The van der Waals surface area contributed by atoms with Crippen LogP contribution in [0.15, 0.2) is 54.9 Å². The van der Waals surface area contributed by atoms with E-state index in [4.69, 9.17) is 14.2 Å². The second-order valence-electron chi connectivity index (χ2n) is 11.5. The van der Waals surface area contributed by atoms with Crippen molar-refractivity contribution in [1.82, 2.24) is 14.3 Å². The molecule has 1 unspecified atom stereocenters. The van der Waals surface area contributed by atoms with E-state index in [1.165, 1.54) is 0 Å². The lowest BCUT2D eigenvalue weighted by Crippen LogP contribution is -2.33. The summed E-state index contributed by atoms with van der Waals surface area (Å²) in [6, 6.07) is 13.1. The first kappa shape index (κ1) is 32.2. The fourth-order valence-corrected chi connectivity index (χ4v) is 5.42. The number of carbonyl (C=O) groups excluding carboxylic acids is 1. The largest absolute Gasteiger partial charge is 0.497 e. The van der Waals surface area contributed by atoms with Gasteiger partial charge < -0.3 is 18.8 Å².